The Morgan fingerprint density at radius 1 is 1.18 bits per heavy atom. The maximum absolute atomic E-state index is 12.2. The van der Waals surface area contributed by atoms with Crippen LogP contribution in [0.5, 0.6) is 0 Å². The lowest BCUT2D eigenvalue weighted by atomic mass is 10.0. The van der Waals surface area contributed by atoms with E-state index < -0.39 is 0 Å². The van der Waals surface area contributed by atoms with Crippen molar-refractivity contribution in [2.75, 3.05) is 31.9 Å². The average Bonchev–Trinajstić information content (AvgIpc) is 3.24. The molecule has 0 unspecified atom stereocenters. The molecule has 3 nitrogen and oxygen atoms in total. The zero-order valence-electron chi connectivity index (χ0n) is 10.4. The van der Waals surface area contributed by atoms with E-state index in [1.54, 1.807) is 0 Å². The zero-order chi connectivity index (χ0) is 11.9. The first-order chi connectivity index (χ1) is 8.22. The molecule has 3 fully saturated rings. The van der Waals surface area contributed by atoms with Crippen molar-refractivity contribution in [1.82, 2.24) is 9.80 Å². The molecule has 0 atom stereocenters. The molecular formula is C13H22N2OS. The summed E-state index contributed by atoms with van der Waals surface area (Å²) in [7, 11) is 0. The van der Waals surface area contributed by atoms with E-state index in [2.05, 4.69) is 22.4 Å². The molecular weight excluding hydrogens is 232 g/mol. The van der Waals surface area contributed by atoms with E-state index in [-0.39, 0.29) is 5.41 Å². The molecule has 4 heteroatoms. The molecule has 0 aromatic rings. The number of thiol groups is 1. The van der Waals surface area contributed by atoms with Gasteiger partial charge in [0.2, 0.25) is 5.91 Å². The van der Waals surface area contributed by atoms with E-state index >= 15 is 0 Å². The van der Waals surface area contributed by atoms with Gasteiger partial charge in [0.05, 0.1) is 0 Å². The highest BCUT2D eigenvalue weighted by atomic mass is 32.1. The largest absolute Gasteiger partial charge is 0.340 e. The average molecular weight is 254 g/mol. The van der Waals surface area contributed by atoms with Crippen LogP contribution in [0, 0.1) is 5.41 Å². The van der Waals surface area contributed by atoms with Crippen molar-refractivity contribution >= 4 is 18.5 Å². The smallest absolute Gasteiger partial charge is 0.223 e. The van der Waals surface area contributed by atoms with Crippen molar-refractivity contribution in [3.8, 4) is 0 Å². The number of hydrogen-bond donors (Lipinski definition) is 1. The second-order valence-electron chi connectivity index (χ2n) is 5.98. The normalized spacial score (nSPS) is 28.2. The SMILES string of the molecule is O=C(CC1(CS)CC1)N1CCN(C2CC2)CC1. The van der Waals surface area contributed by atoms with Crippen LogP contribution in [0.3, 0.4) is 0 Å². The van der Waals surface area contributed by atoms with Gasteiger partial charge in [-0.2, -0.15) is 12.6 Å². The summed E-state index contributed by atoms with van der Waals surface area (Å²) in [4.78, 5) is 16.8. The molecule has 0 radical (unpaired) electrons. The van der Waals surface area contributed by atoms with Gasteiger partial charge in [-0.05, 0) is 36.9 Å². The van der Waals surface area contributed by atoms with Crippen molar-refractivity contribution in [3.63, 3.8) is 0 Å². The first-order valence-electron chi connectivity index (χ1n) is 6.85. The maximum Gasteiger partial charge on any atom is 0.223 e. The topological polar surface area (TPSA) is 23.6 Å². The molecule has 3 aliphatic rings. The number of rotatable bonds is 4. The highest BCUT2D eigenvalue weighted by Crippen LogP contribution is 2.49. The number of amides is 1. The lowest BCUT2D eigenvalue weighted by Gasteiger charge is -2.35. The van der Waals surface area contributed by atoms with E-state index in [9.17, 15) is 4.79 Å². The third-order valence-electron chi connectivity index (χ3n) is 4.55. The van der Waals surface area contributed by atoms with Crippen LogP contribution in [-0.2, 0) is 4.79 Å². The van der Waals surface area contributed by atoms with Gasteiger partial charge < -0.3 is 4.90 Å². The fraction of sp³-hybridized carbons (Fsp3) is 0.923. The van der Waals surface area contributed by atoms with Gasteiger partial charge in [-0.15, -0.1) is 0 Å². The van der Waals surface area contributed by atoms with Gasteiger partial charge in [0, 0.05) is 38.6 Å². The lowest BCUT2D eigenvalue weighted by molar-refractivity contribution is -0.134. The first kappa shape index (κ1) is 11.8. The van der Waals surface area contributed by atoms with E-state index in [4.69, 9.17) is 0 Å². The van der Waals surface area contributed by atoms with Crippen molar-refractivity contribution in [2.24, 2.45) is 5.41 Å². The molecule has 17 heavy (non-hydrogen) atoms. The van der Waals surface area contributed by atoms with Crippen molar-refractivity contribution < 1.29 is 4.79 Å². The minimum atomic E-state index is 0.272. The number of piperazine rings is 1. The Hall–Kier alpha value is -0.220. The van der Waals surface area contributed by atoms with Gasteiger partial charge in [0.15, 0.2) is 0 Å². The molecule has 0 aromatic carbocycles. The van der Waals surface area contributed by atoms with Crippen LogP contribution in [-0.4, -0.2) is 53.7 Å². The van der Waals surface area contributed by atoms with Gasteiger partial charge in [0.25, 0.3) is 0 Å². The molecule has 1 saturated heterocycles. The van der Waals surface area contributed by atoms with Crippen LogP contribution in [0.15, 0.2) is 0 Å². The summed E-state index contributed by atoms with van der Waals surface area (Å²) < 4.78 is 0. The van der Waals surface area contributed by atoms with Crippen LogP contribution in [0.2, 0.25) is 0 Å². The highest BCUT2D eigenvalue weighted by molar-refractivity contribution is 7.80. The lowest BCUT2D eigenvalue weighted by Crippen LogP contribution is -2.49. The number of carbonyl (C=O) groups is 1. The van der Waals surface area contributed by atoms with Crippen molar-refractivity contribution in [3.05, 3.63) is 0 Å². The Kier molecular flexibility index (Phi) is 3.11. The molecule has 2 aliphatic carbocycles. The van der Waals surface area contributed by atoms with Crippen molar-refractivity contribution in [2.45, 2.75) is 38.1 Å². The number of hydrogen-bond acceptors (Lipinski definition) is 3. The Bertz CT molecular complexity index is 305. The molecule has 3 rings (SSSR count). The summed E-state index contributed by atoms with van der Waals surface area (Å²) in [6.45, 7) is 4.06. The number of nitrogens with zero attached hydrogens (tertiary/aromatic N) is 2. The molecule has 1 amide bonds. The summed E-state index contributed by atoms with van der Waals surface area (Å²) in [6, 6.07) is 0.847. The first-order valence-corrected chi connectivity index (χ1v) is 7.48. The minimum Gasteiger partial charge on any atom is -0.340 e. The van der Waals surface area contributed by atoms with Crippen LogP contribution >= 0.6 is 12.6 Å². The molecule has 0 bridgehead atoms. The van der Waals surface area contributed by atoms with Crippen LogP contribution in [0.4, 0.5) is 0 Å². The fourth-order valence-corrected chi connectivity index (χ4v) is 3.20. The predicted molar refractivity (Wildman–Crippen MR) is 71.3 cm³/mol. The second kappa shape index (κ2) is 4.47. The maximum atomic E-state index is 12.2. The molecule has 0 aromatic heterocycles. The quantitative estimate of drug-likeness (QED) is 0.767. The minimum absolute atomic E-state index is 0.272. The predicted octanol–water partition coefficient (Wildman–Crippen LogP) is 1.39. The summed E-state index contributed by atoms with van der Waals surface area (Å²) in [5, 5.41) is 0. The van der Waals surface area contributed by atoms with Crippen LogP contribution in [0.25, 0.3) is 0 Å². The Morgan fingerprint density at radius 2 is 1.82 bits per heavy atom. The van der Waals surface area contributed by atoms with E-state index in [1.807, 2.05) is 0 Å². The van der Waals surface area contributed by atoms with Gasteiger partial charge in [-0.1, -0.05) is 0 Å². The van der Waals surface area contributed by atoms with E-state index in [1.165, 1.54) is 25.7 Å². The molecule has 96 valence electrons. The molecule has 1 heterocycles. The molecule has 1 aliphatic heterocycles. The second-order valence-corrected chi connectivity index (χ2v) is 6.30. The third-order valence-corrected chi connectivity index (χ3v) is 5.22. The van der Waals surface area contributed by atoms with Gasteiger partial charge >= 0.3 is 0 Å². The summed E-state index contributed by atoms with van der Waals surface area (Å²) in [6.07, 6.45) is 5.88. The van der Waals surface area contributed by atoms with E-state index in [0.717, 1.165) is 44.4 Å². The standard InChI is InChI=1S/C13H22N2OS/c16-12(9-13(10-17)3-4-13)15-7-5-14(6-8-15)11-1-2-11/h11,17H,1-10H2. The molecule has 0 spiro atoms. The number of carbonyl (C=O) groups excluding carboxylic acids is 1. The highest BCUT2D eigenvalue weighted by Gasteiger charge is 2.44. The zero-order valence-corrected chi connectivity index (χ0v) is 11.3. The summed E-state index contributed by atoms with van der Waals surface area (Å²) >= 11 is 4.37. The van der Waals surface area contributed by atoms with E-state index in [0.29, 0.717) is 5.91 Å². The molecule has 2 saturated carbocycles. The van der Waals surface area contributed by atoms with Crippen molar-refractivity contribution in [1.29, 1.82) is 0 Å². The monoisotopic (exact) mass is 254 g/mol. The summed E-state index contributed by atoms with van der Waals surface area (Å²) in [5.41, 5.74) is 0.272. The van der Waals surface area contributed by atoms with Gasteiger partial charge in [-0.25, -0.2) is 0 Å². The fourth-order valence-electron chi connectivity index (χ4n) is 2.78. The Labute approximate surface area is 109 Å². The van der Waals surface area contributed by atoms with Crippen LogP contribution in [0.1, 0.15) is 32.1 Å². The van der Waals surface area contributed by atoms with Crippen LogP contribution < -0.4 is 0 Å². The van der Waals surface area contributed by atoms with Gasteiger partial charge in [-0.3, -0.25) is 9.69 Å². The summed E-state index contributed by atoms with van der Waals surface area (Å²) in [5.74, 6) is 1.24. The Balaban J connectivity index is 1.47. The third kappa shape index (κ3) is 2.63. The Morgan fingerprint density at radius 3 is 2.29 bits per heavy atom. The van der Waals surface area contributed by atoms with Gasteiger partial charge in [0.1, 0.15) is 0 Å². The molecule has 0 N–H and O–H groups in total.